The quantitative estimate of drug-likeness (QED) is 0.569. The number of aromatic nitrogens is 3. The summed E-state index contributed by atoms with van der Waals surface area (Å²) in [6.07, 6.45) is 1.64. The fraction of sp³-hybridized carbons (Fsp3) is 0.600. The minimum absolute atomic E-state index is 0.473. The monoisotopic (exact) mass is 127 g/mol. The van der Waals surface area contributed by atoms with Crippen LogP contribution in [0.3, 0.4) is 0 Å². The molecule has 1 aromatic heterocycles. The second-order valence-corrected chi connectivity index (χ2v) is 1.75. The van der Waals surface area contributed by atoms with E-state index in [1.165, 1.54) is 0 Å². The van der Waals surface area contributed by atoms with E-state index in [9.17, 15) is 0 Å². The Labute approximate surface area is 53.5 Å². The van der Waals surface area contributed by atoms with E-state index in [0.717, 1.165) is 5.82 Å². The van der Waals surface area contributed by atoms with Crippen LogP contribution in [-0.4, -0.2) is 21.9 Å². The van der Waals surface area contributed by atoms with E-state index < -0.39 is 0 Å². The van der Waals surface area contributed by atoms with Crippen LogP contribution in [0.5, 0.6) is 0 Å². The van der Waals surface area contributed by atoms with Crippen LogP contribution in [0, 0.1) is 6.92 Å². The molecule has 0 aliphatic heterocycles. The van der Waals surface area contributed by atoms with Crippen LogP contribution in [0.2, 0.25) is 0 Å². The van der Waals surface area contributed by atoms with E-state index in [1.54, 1.807) is 18.1 Å². The molecule has 4 nitrogen and oxygen atoms in total. The highest BCUT2D eigenvalue weighted by Crippen LogP contribution is 1.85. The van der Waals surface area contributed by atoms with Crippen LogP contribution >= 0.6 is 0 Å². The van der Waals surface area contributed by atoms with Crippen molar-refractivity contribution in [3.63, 3.8) is 0 Å². The Morgan fingerprint density at radius 2 is 2.56 bits per heavy atom. The second-order valence-electron chi connectivity index (χ2n) is 1.75. The molecule has 0 aliphatic rings. The fourth-order valence-electron chi connectivity index (χ4n) is 0.582. The molecule has 0 unspecified atom stereocenters. The minimum Gasteiger partial charge on any atom is -0.362 e. The van der Waals surface area contributed by atoms with Crippen LogP contribution < -0.4 is 0 Å². The van der Waals surface area contributed by atoms with E-state index >= 15 is 0 Å². The SMILES string of the molecule is COCn1cnc(C)n1. The smallest absolute Gasteiger partial charge is 0.147 e. The topological polar surface area (TPSA) is 39.9 Å². The predicted octanol–water partition coefficient (Wildman–Crippen LogP) is 0.190. The van der Waals surface area contributed by atoms with Gasteiger partial charge in [0.05, 0.1) is 0 Å². The average Bonchev–Trinajstić information content (AvgIpc) is 2.17. The van der Waals surface area contributed by atoms with Crippen LogP contribution in [0.25, 0.3) is 0 Å². The first-order valence-corrected chi connectivity index (χ1v) is 2.68. The summed E-state index contributed by atoms with van der Waals surface area (Å²) in [5.74, 6) is 0.770. The molecule has 1 aromatic rings. The van der Waals surface area contributed by atoms with Gasteiger partial charge in [-0.15, -0.1) is 0 Å². The molecule has 0 aromatic carbocycles. The van der Waals surface area contributed by atoms with Crippen LogP contribution in [0.15, 0.2) is 6.33 Å². The van der Waals surface area contributed by atoms with Crippen molar-refractivity contribution in [2.24, 2.45) is 0 Å². The third-order valence-corrected chi connectivity index (χ3v) is 0.912. The summed E-state index contributed by atoms with van der Waals surface area (Å²) in [5, 5.41) is 3.98. The summed E-state index contributed by atoms with van der Waals surface area (Å²) in [6.45, 7) is 2.31. The number of ether oxygens (including phenoxy) is 1. The molecule has 0 amide bonds. The summed E-state index contributed by atoms with van der Waals surface area (Å²) in [4.78, 5) is 3.91. The van der Waals surface area contributed by atoms with E-state index in [-0.39, 0.29) is 0 Å². The van der Waals surface area contributed by atoms with Crippen molar-refractivity contribution < 1.29 is 4.74 Å². The summed E-state index contributed by atoms with van der Waals surface area (Å²) < 4.78 is 6.44. The van der Waals surface area contributed by atoms with Gasteiger partial charge in [0, 0.05) is 7.11 Å². The summed E-state index contributed by atoms with van der Waals surface area (Å²) in [7, 11) is 1.62. The Morgan fingerprint density at radius 3 is 3.00 bits per heavy atom. The molecule has 0 saturated heterocycles. The first-order valence-electron chi connectivity index (χ1n) is 2.68. The lowest BCUT2D eigenvalue weighted by Gasteiger charge is -1.93. The third-order valence-electron chi connectivity index (χ3n) is 0.912. The van der Waals surface area contributed by atoms with Crippen LogP contribution in [0.1, 0.15) is 5.82 Å². The molecule has 9 heavy (non-hydrogen) atoms. The molecule has 1 heterocycles. The molecule has 0 radical (unpaired) electrons. The maximum absolute atomic E-state index is 4.80. The van der Waals surface area contributed by atoms with Gasteiger partial charge in [-0.05, 0) is 6.92 Å². The molecule has 0 atom stereocenters. The molecule has 4 heteroatoms. The van der Waals surface area contributed by atoms with Crippen molar-refractivity contribution >= 4 is 0 Å². The predicted molar refractivity (Wildman–Crippen MR) is 31.8 cm³/mol. The van der Waals surface area contributed by atoms with Gasteiger partial charge >= 0.3 is 0 Å². The molecule has 0 fully saturated rings. The summed E-state index contributed by atoms with van der Waals surface area (Å²) in [6, 6.07) is 0. The van der Waals surface area contributed by atoms with Crippen molar-refractivity contribution in [2.45, 2.75) is 13.7 Å². The van der Waals surface area contributed by atoms with Crippen LogP contribution in [-0.2, 0) is 11.5 Å². The van der Waals surface area contributed by atoms with Crippen molar-refractivity contribution in [3.8, 4) is 0 Å². The number of aryl methyl sites for hydroxylation is 1. The van der Waals surface area contributed by atoms with Gasteiger partial charge in [0.1, 0.15) is 18.9 Å². The number of rotatable bonds is 2. The largest absolute Gasteiger partial charge is 0.362 e. The van der Waals surface area contributed by atoms with Gasteiger partial charge in [0.15, 0.2) is 0 Å². The highest BCUT2D eigenvalue weighted by atomic mass is 16.5. The third kappa shape index (κ3) is 1.50. The zero-order chi connectivity index (χ0) is 6.69. The Balaban J connectivity index is 2.61. The minimum atomic E-state index is 0.473. The highest BCUT2D eigenvalue weighted by molar-refractivity contribution is 4.73. The van der Waals surface area contributed by atoms with Crippen molar-refractivity contribution in [1.29, 1.82) is 0 Å². The molecule has 0 saturated carbocycles. The van der Waals surface area contributed by atoms with Gasteiger partial charge in [-0.3, -0.25) is 0 Å². The molecular weight excluding hydrogens is 118 g/mol. The van der Waals surface area contributed by atoms with Gasteiger partial charge in [0.2, 0.25) is 0 Å². The fourth-order valence-corrected chi connectivity index (χ4v) is 0.582. The standard InChI is InChI=1S/C5H9N3O/c1-5-6-3-8(7-5)4-9-2/h3H,4H2,1-2H3. The van der Waals surface area contributed by atoms with Gasteiger partial charge in [-0.2, -0.15) is 5.10 Å². The molecule has 0 bridgehead atoms. The van der Waals surface area contributed by atoms with Crippen LogP contribution in [0.4, 0.5) is 0 Å². The van der Waals surface area contributed by atoms with Crippen molar-refractivity contribution in [1.82, 2.24) is 14.8 Å². The summed E-state index contributed by atoms with van der Waals surface area (Å²) in [5.41, 5.74) is 0. The average molecular weight is 127 g/mol. The first-order chi connectivity index (χ1) is 4.33. The van der Waals surface area contributed by atoms with Crippen molar-refractivity contribution in [3.05, 3.63) is 12.2 Å². The first kappa shape index (κ1) is 6.22. The maximum atomic E-state index is 4.80. The molecule has 0 spiro atoms. The highest BCUT2D eigenvalue weighted by Gasteiger charge is 1.90. The number of hydrogen-bond donors (Lipinski definition) is 0. The molecular formula is C5H9N3O. The molecule has 1 rings (SSSR count). The molecule has 0 N–H and O–H groups in total. The summed E-state index contributed by atoms with van der Waals surface area (Å²) >= 11 is 0. The molecule has 50 valence electrons. The number of hydrogen-bond acceptors (Lipinski definition) is 3. The van der Waals surface area contributed by atoms with E-state index in [2.05, 4.69) is 10.1 Å². The van der Waals surface area contributed by atoms with E-state index in [1.807, 2.05) is 6.92 Å². The Kier molecular flexibility index (Phi) is 1.79. The van der Waals surface area contributed by atoms with Gasteiger partial charge < -0.3 is 4.74 Å². The zero-order valence-corrected chi connectivity index (χ0v) is 5.53. The lowest BCUT2D eigenvalue weighted by Crippen LogP contribution is -1.99. The number of nitrogens with zero attached hydrogens (tertiary/aromatic N) is 3. The normalized spacial score (nSPS) is 10.0. The number of methoxy groups -OCH3 is 1. The Hall–Kier alpha value is -0.900. The Morgan fingerprint density at radius 1 is 1.78 bits per heavy atom. The lowest BCUT2D eigenvalue weighted by atomic mass is 10.8. The maximum Gasteiger partial charge on any atom is 0.147 e. The van der Waals surface area contributed by atoms with Crippen molar-refractivity contribution in [2.75, 3.05) is 7.11 Å². The lowest BCUT2D eigenvalue weighted by molar-refractivity contribution is 0.120. The Bertz CT molecular complexity index is 184. The molecule has 0 aliphatic carbocycles. The van der Waals surface area contributed by atoms with Gasteiger partial charge in [0.25, 0.3) is 0 Å². The zero-order valence-electron chi connectivity index (χ0n) is 5.53. The van der Waals surface area contributed by atoms with E-state index in [0.29, 0.717) is 6.73 Å². The second kappa shape index (κ2) is 2.59. The van der Waals surface area contributed by atoms with E-state index in [4.69, 9.17) is 4.74 Å². The van der Waals surface area contributed by atoms with Gasteiger partial charge in [-0.1, -0.05) is 0 Å². The van der Waals surface area contributed by atoms with Gasteiger partial charge in [-0.25, -0.2) is 9.67 Å².